The molecule has 5 rings (SSSR count). The number of fused-ring (bicyclic) bond motifs is 1. The van der Waals surface area contributed by atoms with E-state index >= 15 is 0 Å². The normalized spacial score (nSPS) is 15.9. The van der Waals surface area contributed by atoms with Gasteiger partial charge in [-0.05, 0) is 61.5 Å². The molecule has 6 heteroatoms. The minimum atomic E-state index is -0.169. The lowest BCUT2D eigenvalue weighted by atomic mass is 9.90. The highest BCUT2D eigenvalue weighted by Gasteiger charge is 2.20. The highest BCUT2D eigenvalue weighted by Crippen LogP contribution is 2.29. The fourth-order valence-corrected chi connectivity index (χ4v) is 5.15. The monoisotopic (exact) mass is 404 g/mol. The molecule has 1 fully saturated rings. The van der Waals surface area contributed by atoms with Crippen LogP contribution in [0.5, 0.6) is 0 Å². The van der Waals surface area contributed by atoms with Gasteiger partial charge in [0.05, 0.1) is 22.5 Å². The van der Waals surface area contributed by atoms with Gasteiger partial charge in [-0.1, -0.05) is 36.4 Å². The van der Waals surface area contributed by atoms with Gasteiger partial charge in [-0.3, -0.25) is 4.90 Å². The molecule has 0 bridgehead atoms. The average Bonchev–Trinajstić information content (AvgIpc) is 3.35. The molecule has 0 saturated carbocycles. The predicted molar refractivity (Wildman–Crippen MR) is 118 cm³/mol. The second-order valence-electron chi connectivity index (χ2n) is 7.87. The number of hydrogen-bond donors (Lipinski definition) is 2. The van der Waals surface area contributed by atoms with Crippen molar-refractivity contribution in [2.75, 3.05) is 13.1 Å². The minimum Gasteiger partial charge on any atom is -0.306 e. The molecule has 29 heavy (non-hydrogen) atoms. The maximum Gasteiger partial charge on any atom is 0.323 e. The van der Waals surface area contributed by atoms with Crippen LogP contribution in [0.25, 0.3) is 21.5 Å². The van der Waals surface area contributed by atoms with Gasteiger partial charge in [-0.25, -0.2) is 9.78 Å². The first-order valence-corrected chi connectivity index (χ1v) is 11.0. The molecule has 1 aliphatic heterocycles. The van der Waals surface area contributed by atoms with Crippen molar-refractivity contribution in [1.29, 1.82) is 0 Å². The third-order valence-corrected chi connectivity index (χ3v) is 6.82. The van der Waals surface area contributed by atoms with Crippen LogP contribution in [0.2, 0.25) is 0 Å². The number of nitrogens with one attached hydrogen (secondary N) is 2. The number of thiazole rings is 1. The van der Waals surface area contributed by atoms with Crippen molar-refractivity contribution in [3.63, 3.8) is 0 Å². The van der Waals surface area contributed by atoms with Crippen LogP contribution in [-0.2, 0) is 13.0 Å². The van der Waals surface area contributed by atoms with Gasteiger partial charge < -0.3 is 9.97 Å². The first kappa shape index (κ1) is 18.3. The Labute approximate surface area is 173 Å². The van der Waals surface area contributed by atoms with Crippen molar-refractivity contribution >= 4 is 22.4 Å². The van der Waals surface area contributed by atoms with Crippen molar-refractivity contribution in [1.82, 2.24) is 19.9 Å². The topological polar surface area (TPSA) is 64.8 Å². The van der Waals surface area contributed by atoms with Crippen LogP contribution < -0.4 is 5.69 Å². The van der Waals surface area contributed by atoms with E-state index in [2.05, 4.69) is 50.2 Å². The number of nitrogens with zero attached hydrogens (tertiary/aromatic N) is 2. The maximum atomic E-state index is 11.5. The predicted octanol–water partition coefficient (Wildman–Crippen LogP) is 4.43. The van der Waals surface area contributed by atoms with E-state index in [-0.39, 0.29) is 5.69 Å². The molecule has 0 radical (unpaired) electrons. The third kappa shape index (κ3) is 4.18. The van der Waals surface area contributed by atoms with E-state index in [1.165, 1.54) is 24.8 Å². The molecule has 4 aromatic rings. The van der Waals surface area contributed by atoms with E-state index < -0.39 is 0 Å². The summed E-state index contributed by atoms with van der Waals surface area (Å²) in [5.41, 5.74) is 4.05. The number of benzene rings is 2. The van der Waals surface area contributed by atoms with Crippen LogP contribution in [0.4, 0.5) is 0 Å². The zero-order valence-electron chi connectivity index (χ0n) is 16.2. The molecular formula is C23H24N4OS. The van der Waals surface area contributed by atoms with Crippen LogP contribution in [0.15, 0.2) is 59.5 Å². The molecule has 0 atom stereocenters. The average molecular weight is 405 g/mol. The number of H-pyrrole nitrogens is 2. The molecule has 2 aromatic heterocycles. The minimum absolute atomic E-state index is 0.169. The number of hydrogen-bond acceptors (Lipinski definition) is 4. The van der Waals surface area contributed by atoms with E-state index in [1.807, 2.05) is 24.4 Å². The Kier molecular flexibility index (Phi) is 5.04. The number of likely N-dealkylation sites (tertiary alicyclic amines) is 1. The molecule has 2 N–H and O–H groups in total. The SMILES string of the molecule is O=c1[nH]c2ccc(-c3cnc(CN4CCC(Cc5ccccc5)CC4)s3)cc2[nH]1. The Balaban J connectivity index is 1.20. The van der Waals surface area contributed by atoms with Gasteiger partial charge >= 0.3 is 5.69 Å². The highest BCUT2D eigenvalue weighted by atomic mass is 32.1. The zero-order chi connectivity index (χ0) is 19.6. The summed E-state index contributed by atoms with van der Waals surface area (Å²) in [7, 11) is 0. The summed E-state index contributed by atoms with van der Waals surface area (Å²) in [6.07, 6.45) is 5.66. The smallest absolute Gasteiger partial charge is 0.306 e. The van der Waals surface area contributed by atoms with E-state index in [0.29, 0.717) is 0 Å². The van der Waals surface area contributed by atoms with Gasteiger partial charge in [0.25, 0.3) is 0 Å². The molecule has 1 aliphatic rings. The van der Waals surface area contributed by atoms with Crippen molar-refractivity contribution in [3.05, 3.63) is 75.8 Å². The van der Waals surface area contributed by atoms with E-state index in [9.17, 15) is 4.79 Å². The summed E-state index contributed by atoms with van der Waals surface area (Å²) in [5, 5.41) is 1.16. The lowest BCUT2D eigenvalue weighted by Crippen LogP contribution is -2.33. The van der Waals surface area contributed by atoms with Crippen LogP contribution in [-0.4, -0.2) is 32.9 Å². The van der Waals surface area contributed by atoms with Crippen LogP contribution in [0.3, 0.4) is 0 Å². The zero-order valence-corrected chi connectivity index (χ0v) is 17.0. The first-order valence-electron chi connectivity index (χ1n) is 10.2. The molecule has 2 aromatic carbocycles. The highest BCUT2D eigenvalue weighted by molar-refractivity contribution is 7.15. The molecule has 5 nitrogen and oxygen atoms in total. The third-order valence-electron chi connectivity index (χ3n) is 5.79. The Morgan fingerprint density at radius 3 is 2.66 bits per heavy atom. The van der Waals surface area contributed by atoms with Crippen molar-refractivity contribution in [2.45, 2.75) is 25.8 Å². The van der Waals surface area contributed by atoms with E-state index in [1.54, 1.807) is 11.3 Å². The van der Waals surface area contributed by atoms with Gasteiger partial charge in [-0.2, -0.15) is 0 Å². The fourth-order valence-electron chi connectivity index (χ4n) is 4.19. The number of aromatic nitrogens is 3. The quantitative estimate of drug-likeness (QED) is 0.517. The first-order chi connectivity index (χ1) is 14.2. The van der Waals surface area contributed by atoms with Gasteiger partial charge in [0.15, 0.2) is 0 Å². The Morgan fingerprint density at radius 2 is 1.83 bits per heavy atom. The molecular weight excluding hydrogens is 380 g/mol. The summed E-state index contributed by atoms with van der Waals surface area (Å²) < 4.78 is 0. The molecule has 1 saturated heterocycles. The second kappa shape index (κ2) is 7.97. The van der Waals surface area contributed by atoms with Gasteiger partial charge in [0.2, 0.25) is 0 Å². The van der Waals surface area contributed by atoms with E-state index in [4.69, 9.17) is 0 Å². The van der Waals surface area contributed by atoms with Crippen LogP contribution >= 0.6 is 11.3 Å². The fraction of sp³-hybridized carbons (Fsp3) is 0.304. The Morgan fingerprint density at radius 1 is 1.03 bits per heavy atom. The standard InChI is InChI=1S/C23H24N4OS/c28-23-25-19-7-6-18(13-20(19)26-23)21-14-24-22(29-21)15-27-10-8-17(9-11-27)12-16-4-2-1-3-5-16/h1-7,13-14,17H,8-12,15H2,(H2,25,26,28). The van der Waals surface area contributed by atoms with Gasteiger partial charge in [-0.15, -0.1) is 11.3 Å². The van der Waals surface area contributed by atoms with Crippen LogP contribution in [0, 0.1) is 5.92 Å². The second-order valence-corrected chi connectivity index (χ2v) is 8.98. The summed E-state index contributed by atoms with van der Waals surface area (Å²) in [5.74, 6) is 0.788. The lowest BCUT2D eigenvalue weighted by molar-refractivity contribution is 0.177. The van der Waals surface area contributed by atoms with Crippen molar-refractivity contribution in [2.24, 2.45) is 5.92 Å². The van der Waals surface area contributed by atoms with E-state index in [0.717, 1.165) is 52.0 Å². The Bertz CT molecular complexity index is 1150. The van der Waals surface area contributed by atoms with Crippen LogP contribution in [0.1, 0.15) is 23.4 Å². The molecule has 0 aliphatic carbocycles. The van der Waals surface area contributed by atoms with Gasteiger partial charge in [0, 0.05) is 6.20 Å². The van der Waals surface area contributed by atoms with Gasteiger partial charge in [0.1, 0.15) is 5.01 Å². The number of aromatic amines is 2. The molecule has 0 spiro atoms. The molecule has 148 valence electrons. The molecule has 0 amide bonds. The largest absolute Gasteiger partial charge is 0.323 e. The van der Waals surface area contributed by atoms with Crippen molar-refractivity contribution in [3.8, 4) is 10.4 Å². The molecule has 3 heterocycles. The van der Waals surface area contributed by atoms with Crippen molar-refractivity contribution < 1.29 is 0 Å². The summed E-state index contributed by atoms with van der Waals surface area (Å²) in [6.45, 7) is 3.21. The number of imidazole rings is 1. The summed E-state index contributed by atoms with van der Waals surface area (Å²) in [4.78, 5) is 25.4. The summed E-state index contributed by atoms with van der Waals surface area (Å²) in [6, 6.07) is 16.8. The number of piperidine rings is 1. The Hall–Kier alpha value is -2.70. The maximum absolute atomic E-state index is 11.5. The molecule has 0 unspecified atom stereocenters. The summed E-state index contributed by atoms with van der Waals surface area (Å²) >= 11 is 1.74. The lowest BCUT2D eigenvalue weighted by Gasteiger charge is -2.31. The number of rotatable bonds is 5.